The fraction of sp³-hybridized carbons (Fsp3) is 0.182. The summed E-state index contributed by atoms with van der Waals surface area (Å²) < 4.78 is 14.9. The summed E-state index contributed by atoms with van der Waals surface area (Å²) in [7, 11) is 1.79. The number of aromatic nitrogens is 2. The van der Waals surface area contributed by atoms with Gasteiger partial charge in [-0.2, -0.15) is 0 Å². The summed E-state index contributed by atoms with van der Waals surface area (Å²) in [6, 6.07) is 6.42. The van der Waals surface area contributed by atoms with Crippen molar-refractivity contribution in [2.24, 2.45) is 0 Å². The van der Waals surface area contributed by atoms with Crippen LogP contribution in [0.5, 0.6) is 0 Å². The molecule has 78 valence electrons. The van der Waals surface area contributed by atoms with Gasteiger partial charge in [0.15, 0.2) is 0 Å². The minimum Gasteiger partial charge on any atom is -0.358 e. The van der Waals surface area contributed by atoms with E-state index in [1.807, 2.05) is 23.8 Å². The van der Waals surface area contributed by atoms with E-state index in [1.165, 1.54) is 12.1 Å². The summed E-state index contributed by atoms with van der Waals surface area (Å²) in [4.78, 5) is 4.26. The lowest BCUT2D eigenvalue weighted by Crippen LogP contribution is -2.00. The zero-order valence-electron chi connectivity index (χ0n) is 8.66. The topological polar surface area (TPSA) is 29.9 Å². The minimum atomic E-state index is -0.249. The number of halogens is 1. The van der Waals surface area contributed by atoms with Gasteiger partial charge in [-0.3, -0.25) is 4.57 Å². The van der Waals surface area contributed by atoms with Crippen molar-refractivity contribution in [2.45, 2.75) is 6.92 Å². The minimum absolute atomic E-state index is 0.249. The lowest BCUT2D eigenvalue weighted by molar-refractivity contribution is 0.626. The zero-order chi connectivity index (χ0) is 10.8. The molecule has 4 heteroatoms. The van der Waals surface area contributed by atoms with Crippen LogP contribution >= 0.6 is 0 Å². The summed E-state index contributed by atoms with van der Waals surface area (Å²) in [5.74, 6) is 0.457. The van der Waals surface area contributed by atoms with Gasteiger partial charge in [-0.25, -0.2) is 9.37 Å². The number of nitrogens with zero attached hydrogens (tertiary/aromatic N) is 2. The SMILES string of the molecule is CNc1nc(C)cn1-c1cccc(F)c1. The van der Waals surface area contributed by atoms with E-state index < -0.39 is 0 Å². The van der Waals surface area contributed by atoms with E-state index in [0.717, 1.165) is 11.4 Å². The first-order chi connectivity index (χ1) is 7.20. The molecule has 3 nitrogen and oxygen atoms in total. The molecular formula is C11H12FN3. The highest BCUT2D eigenvalue weighted by molar-refractivity contribution is 5.42. The summed E-state index contributed by atoms with van der Waals surface area (Å²) in [6.45, 7) is 1.90. The Hall–Kier alpha value is -1.84. The Morgan fingerprint density at radius 1 is 1.40 bits per heavy atom. The Morgan fingerprint density at radius 3 is 2.87 bits per heavy atom. The second-order valence-corrected chi connectivity index (χ2v) is 3.31. The van der Waals surface area contributed by atoms with Gasteiger partial charge in [0.05, 0.1) is 11.4 Å². The van der Waals surface area contributed by atoms with Crippen LogP contribution in [0, 0.1) is 12.7 Å². The molecule has 0 bridgehead atoms. The number of hydrogen-bond acceptors (Lipinski definition) is 2. The van der Waals surface area contributed by atoms with Crippen molar-refractivity contribution in [3.63, 3.8) is 0 Å². The molecule has 0 fully saturated rings. The summed E-state index contributed by atoms with van der Waals surface area (Å²) >= 11 is 0. The van der Waals surface area contributed by atoms with E-state index in [1.54, 1.807) is 13.1 Å². The molecule has 0 aliphatic rings. The molecule has 0 aliphatic carbocycles. The molecule has 1 aromatic heterocycles. The standard InChI is InChI=1S/C11H12FN3/c1-8-7-15(11(13-2)14-8)10-5-3-4-9(12)6-10/h3-7H,1-2H3,(H,13,14). The van der Waals surface area contributed by atoms with Gasteiger partial charge in [0.2, 0.25) is 5.95 Å². The zero-order valence-corrected chi connectivity index (χ0v) is 8.66. The van der Waals surface area contributed by atoms with Gasteiger partial charge < -0.3 is 5.32 Å². The molecule has 2 aromatic rings. The molecule has 0 radical (unpaired) electrons. The number of anilines is 1. The van der Waals surface area contributed by atoms with Crippen LogP contribution in [-0.2, 0) is 0 Å². The second-order valence-electron chi connectivity index (χ2n) is 3.31. The van der Waals surface area contributed by atoms with Crippen molar-refractivity contribution in [1.82, 2.24) is 9.55 Å². The largest absolute Gasteiger partial charge is 0.358 e. The van der Waals surface area contributed by atoms with E-state index in [2.05, 4.69) is 10.3 Å². The maximum absolute atomic E-state index is 13.0. The van der Waals surface area contributed by atoms with Crippen LogP contribution in [0.1, 0.15) is 5.69 Å². The molecule has 0 spiro atoms. The van der Waals surface area contributed by atoms with Crippen molar-refractivity contribution in [1.29, 1.82) is 0 Å². The highest BCUT2D eigenvalue weighted by Gasteiger charge is 2.05. The van der Waals surface area contributed by atoms with Gasteiger partial charge in [-0.05, 0) is 25.1 Å². The van der Waals surface area contributed by atoms with Crippen LogP contribution in [0.15, 0.2) is 30.5 Å². The molecule has 1 heterocycles. The number of imidazole rings is 1. The highest BCUT2D eigenvalue weighted by Crippen LogP contribution is 2.16. The van der Waals surface area contributed by atoms with Gasteiger partial charge in [0.1, 0.15) is 5.82 Å². The van der Waals surface area contributed by atoms with E-state index in [0.29, 0.717) is 5.95 Å². The van der Waals surface area contributed by atoms with E-state index >= 15 is 0 Å². The van der Waals surface area contributed by atoms with Gasteiger partial charge in [0, 0.05) is 13.2 Å². The van der Waals surface area contributed by atoms with Crippen molar-refractivity contribution >= 4 is 5.95 Å². The predicted molar refractivity (Wildman–Crippen MR) is 57.8 cm³/mol. The molecule has 2 rings (SSSR count). The number of benzene rings is 1. The van der Waals surface area contributed by atoms with E-state index in [4.69, 9.17) is 0 Å². The molecule has 1 aromatic carbocycles. The summed E-state index contributed by atoms with van der Waals surface area (Å²) in [5.41, 5.74) is 1.66. The normalized spacial score (nSPS) is 10.3. The Labute approximate surface area is 87.6 Å². The predicted octanol–water partition coefficient (Wildman–Crippen LogP) is 2.36. The lowest BCUT2D eigenvalue weighted by atomic mass is 10.3. The molecular weight excluding hydrogens is 193 g/mol. The van der Waals surface area contributed by atoms with Crippen molar-refractivity contribution in [3.8, 4) is 5.69 Å². The Balaban J connectivity index is 2.53. The first-order valence-corrected chi connectivity index (χ1v) is 4.70. The molecule has 1 N–H and O–H groups in total. The highest BCUT2D eigenvalue weighted by atomic mass is 19.1. The van der Waals surface area contributed by atoms with Crippen molar-refractivity contribution in [3.05, 3.63) is 42.0 Å². The molecule has 15 heavy (non-hydrogen) atoms. The maximum Gasteiger partial charge on any atom is 0.207 e. The lowest BCUT2D eigenvalue weighted by Gasteiger charge is -2.06. The number of aryl methyl sites for hydroxylation is 1. The monoisotopic (exact) mass is 205 g/mol. The third kappa shape index (κ3) is 1.83. The first kappa shape index (κ1) is 9.71. The van der Waals surface area contributed by atoms with Crippen molar-refractivity contribution in [2.75, 3.05) is 12.4 Å². The average Bonchev–Trinajstić information content (AvgIpc) is 2.59. The van der Waals surface area contributed by atoms with Gasteiger partial charge in [0.25, 0.3) is 0 Å². The molecule has 0 unspecified atom stereocenters. The van der Waals surface area contributed by atoms with E-state index in [-0.39, 0.29) is 5.82 Å². The van der Waals surface area contributed by atoms with Crippen LogP contribution in [0.4, 0.5) is 10.3 Å². The van der Waals surface area contributed by atoms with Crippen LogP contribution in [0.25, 0.3) is 5.69 Å². The van der Waals surface area contributed by atoms with Crippen LogP contribution in [-0.4, -0.2) is 16.6 Å². The fourth-order valence-corrected chi connectivity index (χ4v) is 1.50. The van der Waals surface area contributed by atoms with E-state index in [9.17, 15) is 4.39 Å². The molecule has 0 saturated carbocycles. The average molecular weight is 205 g/mol. The summed E-state index contributed by atoms with van der Waals surface area (Å²) in [5, 5.41) is 2.96. The smallest absolute Gasteiger partial charge is 0.207 e. The molecule has 0 aliphatic heterocycles. The third-order valence-electron chi connectivity index (χ3n) is 2.14. The Morgan fingerprint density at radius 2 is 2.20 bits per heavy atom. The first-order valence-electron chi connectivity index (χ1n) is 4.70. The van der Waals surface area contributed by atoms with Crippen molar-refractivity contribution < 1.29 is 4.39 Å². The number of hydrogen-bond donors (Lipinski definition) is 1. The Bertz CT molecular complexity index is 476. The molecule has 0 saturated heterocycles. The maximum atomic E-state index is 13.0. The van der Waals surface area contributed by atoms with Crippen LogP contribution in [0.3, 0.4) is 0 Å². The van der Waals surface area contributed by atoms with Gasteiger partial charge in [-0.1, -0.05) is 6.07 Å². The van der Waals surface area contributed by atoms with Crippen LogP contribution in [0.2, 0.25) is 0 Å². The third-order valence-corrected chi connectivity index (χ3v) is 2.14. The summed E-state index contributed by atoms with van der Waals surface area (Å²) in [6.07, 6.45) is 1.86. The number of nitrogens with one attached hydrogen (secondary N) is 1. The van der Waals surface area contributed by atoms with Gasteiger partial charge in [-0.15, -0.1) is 0 Å². The van der Waals surface area contributed by atoms with Crippen LogP contribution < -0.4 is 5.32 Å². The second kappa shape index (κ2) is 3.73. The molecule has 0 atom stereocenters. The number of rotatable bonds is 2. The molecule has 0 amide bonds. The quantitative estimate of drug-likeness (QED) is 0.815. The van der Waals surface area contributed by atoms with Gasteiger partial charge >= 0.3 is 0 Å². The fourth-order valence-electron chi connectivity index (χ4n) is 1.50. The Kier molecular flexibility index (Phi) is 2.41.